The Morgan fingerprint density at radius 2 is 1.52 bits per heavy atom. The number of nitrogens with zero attached hydrogens (tertiary/aromatic N) is 2. The van der Waals surface area contributed by atoms with Crippen LogP contribution in [0.4, 0.5) is 17.1 Å². The number of carbonyl (C=O) groups is 1. The van der Waals surface area contributed by atoms with Crippen LogP contribution in [-0.2, 0) is 6.42 Å². The fraction of sp³-hybridized carbons (Fsp3) is 0.133. The highest BCUT2D eigenvalue weighted by Gasteiger charge is 2.19. The third-order valence-corrected chi connectivity index (χ3v) is 3.21. The predicted molar refractivity (Wildman–Crippen MR) is 83.5 cm³/mol. The second-order valence-electron chi connectivity index (χ2n) is 4.76. The maximum absolute atomic E-state index is 12.2. The third kappa shape index (κ3) is 3.88. The Kier molecular flexibility index (Phi) is 4.65. The zero-order valence-corrected chi connectivity index (χ0v) is 12.2. The van der Waals surface area contributed by atoms with E-state index in [2.05, 4.69) is 5.32 Å². The molecule has 0 heterocycles. The lowest BCUT2D eigenvalue weighted by atomic mass is 10.1. The van der Waals surface area contributed by atoms with E-state index >= 15 is 0 Å². The molecule has 0 aromatic heterocycles. The molecule has 0 saturated carbocycles. The van der Waals surface area contributed by atoms with Crippen molar-refractivity contribution in [2.45, 2.75) is 13.3 Å². The predicted octanol–water partition coefficient (Wildman–Crippen LogP) is 3.32. The van der Waals surface area contributed by atoms with Crippen LogP contribution in [0, 0.1) is 20.2 Å². The fourth-order valence-corrected chi connectivity index (χ4v) is 1.96. The minimum absolute atomic E-state index is 0.148. The van der Waals surface area contributed by atoms with E-state index in [-0.39, 0.29) is 5.56 Å². The highest BCUT2D eigenvalue weighted by Crippen LogP contribution is 2.23. The summed E-state index contributed by atoms with van der Waals surface area (Å²) in [4.78, 5) is 32.3. The molecule has 0 fully saturated rings. The number of nitro benzene ring substituents is 2. The highest BCUT2D eigenvalue weighted by atomic mass is 16.6. The molecule has 0 unspecified atom stereocenters. The summed E-state index contributed by atoms with van der Waals surface area (Å²) in [5.74, 6) is -0.652. The van der Waals surface area contributed by atoms with Gasteiger partial charge in [0.1, 0.15) is 0 Å². The Balaban J connectivity index is 2.30. The molecule has 1 N–H and O–H groups in total. The molecule has 0 radical (unpaired) electrons. The number of carbonyl (C=O) groups excluding carboxylic acids is 1. The van der Waals surface area contributed by atoms with Crippen molar-refractivity contribution in [2.75, 3.05) is 5.32 Å². The highest BCUT2D eigenvalue weighted by molar-refractivity contribution is 6.05. The fourth-order valence-electron chi connectivity index (χ4n) is 1.96. The minimum atomic E-state index is -0.778. The van der Waals surface area contributed by atoms with E-state index < -0.39 is 27.1 Å². The van der Waals surface area contributed by atoms with Crippen molar-refractivity contribution >= 4 is 23.0 Å². The summed E-state index contributed by atoms with van der Waals surface area (Å²) in [6.45, 7) is 2.00. The number of amides is 1. The number of nitro groups is 2. The van der Waals surface area contributed by atoms with E-state index in [9.17, 15) is 25.0 Å². The lowest BCUT2D eigenvalue weighted by molar-refractivity contribution is -0.394. The number of hydrogen-bond donors (Lipinski definition) is 1. The average molecular weight is 315 g/mol. The molecule has 2 rings (SSSR count). The molecule has 2 aromatic carbocycles. The first-order valence-electron chi connectivity index (χ1n) is 6.75. The summed E-state index contributed by atoms with van der Waals surface area (Å²) in [5, 5.41) is 24.2. The van der Waals surface area contributed by atoms with Gasteiger partial charge in [0.2, 0.25) is 0 Å². The van der Waals surface area contributed by atoms with Gasteiger partial charge in [0, 0.05) is 17.8 Å². The van der Waals surface area contributed by atoms with Gasteiger partial charge in [0.05, 0.1) is 21.5 Å². The number of benzene rings is 2. The van der Waals surface area contributed by atoms with E-state index in [1.54, 1.807) is 12.1 Å². The average Bonchev–Trinajstić information content (AvgIpc) is 2.55. The van der Waals surface area contributed by atoms with E-state index in [0.717, 1.165) is 30.2 Å². The summed E-state index contributed by atoms with van der Waals surface area (Å²) in [6, 6.07) is 9.89. The maximum Gasteiger partial charge on any atom is 0.277 e. The number of aryl methyl sites for hydroxylation is 1. The molecular weight excluding hydrogens is 302 g/mol. The molecule has 118 valence electrons. The number of nitrogens with one attached hydrogen (secondary N) is 1. The van der Waals surface area contributed by atoms with Crippen molar-refractivity contribution in [2.24, 2.45) is 0 Å². The van der Waals surface area contributed by atoms with E-state index in [1.165, 1.54) is 0 Å². The van der Waals surface area contributed by atoms with Crippen LogP contribution in [0.5, 0.6) is 0 Å². The molecule has 2 aromatic rings. The van der Waals surface area contributed by atoms with Gasteiger partial charge in [-0.05, 0) is 24.1 Å². The Labute approximate surface area is 131 Å². The van der Waals surface area contributed by atoms with E-state index in [4.69, 9.17) is 0 Å². The van der Waals surface area contributed by atoms with Gasteiger partial charge < -0.3 is 5.32 Å². The Bertz CT molecular complexity index is 739. The summed E-state index contributed by atoms with van der Waals surface area (Å²) in [7, 11) is 0. The summed E-state index contributed by atoms with van der Waals surface area (Å²) < 4.78 is 0. The second-order valence-corrected chi connectivity index (χ2v) is 4.76. The molecule has 8 nitrogen and oxygen atoms in total. The van der Waals surface area contributed by atoms with Crippen molar-refractivity contribution in [1.29, 1.82) is 0 Å². The van der Waals surface area contributed by atoms with Crippen LogP contribution < -0.4 is 5.32 Å². The van der Waals surface area contributed by atoms with Gasteiger partial charge >= 0.3 is 0 Å². The summed E-state index contributed by atoms with van der Waals surface area (Å²) in [5.41, 5.74) is 0.428. The van der Waals surface area contributed by atoms with Crippen LogP contribution in [0.15, 0.2) is 42.5 Å². The molecule has 1 amide bonds. The molecule has 0 saturated heterocycles. The quantitative estimate of drug-likeness (QED) is 0.671. The molecule has 23 heavy (non-hydrogen) atoms. The smallest absolute Gasteiger partial charge is 0.277 e. The second kappa shape index (κ2) is 6.65. The van der Waals surface area contributed by atoms with Crippen molar-refractivity contribution in [3.05, 3.63) is 73.8 Å². The number of non-ortho nitro benzene ring substituents is 2. The Hall–Kier alpha value is -3.29. The zero-order valence-electron chi connectivity index (χ0n) is 12.2. The molecule has 0 bridgehead atoms. The molecule has 8 heteroatoms. The minimum Gasteiger partial charge on any atom is -0.322 e. The lowest BCUT2D eigenvalue weighted by Gasteiger charge is -2.06. The van der Waals surface area contributed by atoms with Crippen molar-refractivity contribution in [3.8, 4) is 0 Å². The van der Waals surface area contributed by atoms with Gasteiger partial charge in [-0.25, -0.2) is 0 Å². The van der Waals surface area contributed by atoms with Gasteiger partial charge in [-0.2, -0.15) is 0 Å². The topological polar surface area (TPSA) is 115 Å². The summed E-state index contributed by atoms with van der Waals surface area (Å²) >= 11 is 0. The first-order valence-corrected chi connectivity index (χ1v) is 6.75. The first-order chi connectivity index (χ1) is 10.9. The van der Waals surface area contributed by atoms with Crippen LogP contribution in [0.25, 0.3) is 0 Å². The van der Waals surface area contributed by atoms with Crippen molar-refractivity contribution < 1.29 is 14.6 Å². The van der Waals surface area contributed by atoms with Crippen LogP contribution in [-0.4, -0.2) is 15.8 Å². The van der Waals surface area contributed by atoms with Crippen molar-refractivity contribution in [1.82, 2.24) is 0 Å². The molecule has 0 spiro atoms. The number of hydrogen-bond acceptors (Lipinski definition) is 5. The standard InChI is InChI=1S/C15H13N3O5/c1-2-10-3-5-12(6-4-10)16-15(19)11-7-13(17(20)21)9-14(8-11)18(22)23/h3-9H,2H2,1H3,(H,16,19). The maximum atomic E-state index is 12.2. The molecule has 0 atom stereocenters. The SMILES string of the molecule is CCc1ccc(NC(=O)c2cc([N+](=O)[O-])cc([N+](=O)[O-])c2)cc1. The van der Waals surface area contributed by atoms with Crippen LogP contribution >= 0.6 is 0 Å². The van der Waals surface area contributed by atoms with Gasteiger partial charge in [0.25, 0.3) is 17.3 Å². The van der Waals surface area contributed by atoms with Gasteiger partial charge in [-0.15, -0.1) is 0 Å². The zero-order chi connectivity index (χ0) is 17.0. The van der Waals surface area contributed by atoms with Crippen LogP contribution in [0.2, 0.25) is 0 Å². The third-order valence-electron chi connectivity index (χ3n) is 3.21. The van der Waals surface area contributed by atoms with Gasteiger partial charge in [-0.3, -0.25) is 25.0 Å². The molecule has 0 aliphatic rings. The van der Waals surface area contributed by atoms with E-state index in [1.807, 2.05) is 19.1 Å². The molecule has 0 aliphatic heterocycles. The largest absolute Gasteiger partial charge is 0.322 e. The number of rotatable bonds is 5. The van der Waals surface area contributed by atoms with Crippen molar-refractivity contribution in [3.63, 3.8) is 0 Å². The normalized spacial score (nSPS) is 10.1. The first kappa shape index (κ1) is 16.1. The molecule has 0 aliphatic carbocycles. The molecular formula is C15H13N3O5. The van der Waals surface area contributed by atoms with Crippen LogP contribution in [0.3, 0.4) is 0 Å². The lowest BCUT2D eigenvalue weighted by Crippen LogP contribution is -2.12. The Morgan fingerprint density at radius 1 is 1.00 bits per heavy atom. The summed E-state index contributed by atoms with van der Waals surface area (Å²) in [6.07, 6.45) is 0.852. The van der Waals surface area contributed by atoms with Crippen LogP contribution in [0.1, 0.15) is 22.8 Å². The van der Waals surface area contributed by atoms with Gasteiger partial charge in [0.15, 0.2) is 0 Å². The van der Waals surface area contributed by atoms with E-state index in [0.29, 0.717) is 5.69 Å². The van der Waals surface area contributed by atoms with Gasteiger partial charge in [-0.1, -0.05) is 19.1 Å². The Morgan fingerprint density at radius 3 is 1.96 bits per heavy atom. The number of anilines is 1. The monoisotopic (exact) mass is 315 g/mol.